The van der Waals surface area contributed by atoms with Crippen LogP contribution in [0.5, 0.6) is 0 Å². The van der Waals surface area contributed by atoms with Gasteiger partial charge in [0, 0.05) is 31.1 Å². The van der Waals surface area contributed by atoms with Gasteiger partial charge in [0.05, 0.1) is 6.61 Å². The normalized spacial score (nSPS) is 10.7. The van der Waals surface area contributed by atoms with Crippen molar-refractivity contribution in [2.45, 2.75) is 27.0 Å². The SMILES string of the molecule is COCc1ccccc1CNc1nc(-c2ccccn2)nc(C)c1C. The van der Waals surface area contributed by atoms with Gasteiger partial charge < -0.3 is 10.1 Å². The molecule has 0 fully saturated rings. The smallest absolute Gasteiger partial charge is 0.180 e. The van der Waals surface area contributed by atoms with Crippen molar-refractivity contribution in [2.75, 3.05) is 12.4 Å². The molecule has 0 saturated heterocycles. The minimum atomic E-state index is 0.596. The molecule has 0 atom stereocenters. The van der Waals surface area contributed by atoms with Crippen molar-refractivity contribution in [3.05, 3.63) is 71.0 Å². The van der Waals surface area contributed by atoms with Crippen LogP contribution in [0.15, 0.2) is 48.7 Å². The summed E-state index contributed by atoms with van der Waals surface area (Å²) >= 11 is 0. The van der Waals surface area contributed by atoms with Gasteiger partial charge in [0.2, 0.25) is 0 Å². The largest absolute Gasteiger partial charge is 0.380 e. The lowest BCUT2D eigenvalue weighted by molar-refractivity contribution is 0.184. The van der Waals surface area contributed by atoms with Gasteiger partial charge in [0.15, 0.2) is 5.82 Å². The highest BCUT2D eigenvalue weighted by atomic mass is 16.5. The van der Waals surface area contributed by atoms with Crippen molar-refractivity contribution in [3.63, 3.8) is 0 Å². The molecule has 0 bridgehead atoms. The number of nitrogens with zero attached hydrogens (tertiary/aromatic N) is 3. The predicted octanol–water partition coefficient (Wildman–Crippen LogP) is 3.91. The number of pyridine rings is 1. The van der Waals surface area contributed by atoms with Crippen molar-refractivity contribution in [3.8, 4) is 11.5 Å². The number of benzene rings is 1. The summed E-state index contributed by atoms with van der Waals surface area (Å²) in [4.78, 5) is 13.6. The fourth-order valence-corrected chi connectivity index (χ4v) is 2.62. The molecular formula is C20H22N4O. The van der Waals surface area contributed by atoms with Crippen molar-refractivity contribution in [1.82, 2.24) is 15.0 Å². The summed E-state index contributed by atoms with van der Waals surface area (Å²) in [6.45, 7) is 5.30. The minimum Gasteiger partial charge on any atom is -0.380 e. The van der Waals surface area contributed by atoms with Gasteiger partial charge in [-0.15, -0.1) is 0 Å². The lowest BCUT2D eigenvalue weighted by Crippen LogP contribution is -2.09. The van der Waals surface area contributed by atoms with Crippen LogP contribution < -0.4 is 5.32 Å². The predicted molar refractivity (Wildman–Crippen MR) is 99.2 cm³/mol. The summed E-state index contributed by atoms with van der Waals surface area (Å²) < 4.78 is 5.28. The van der Waals surface area contributed by atoms with E-state index in [1.165, 1.54) is 11.1 Å². The van der Waals surface area contributed by atoms with Gasteiger partial charge >= 0.3 is 0 Å². The average Bonchev–Trinajstić information content (AvgIpc) is 2.65. The highest BCUT2D eigenvalue weighted by molar-refractivity contribution is 5.56. The molecule has 1 aromatic carbocycles. The average molecular weight is 334 g/mol. The van der Waals surface area contributed by atoms with E-state index in [2.05, 4.69) is 32.4 Å². The standard InChI is InChI=1S/C20H22N4O/c1-14-15(2)23-20(18-10-6-7-11-21-18)24-19(14)22-12-16-8-4-5-9-17(16)13-25-3/h4-11H,12-13H2,1-3H3,(H,22,23,24). The summed E-state index contributed by atoms with van der Waals surface area (Å²) in [5, 5.41) is 3.44. The third-order valence-electron chi connectivity index (χ3n) is 4.15. The van der Waals surface area contributed by atoms with E-state index in [0.29, 0.717) is 19.0 Å². The van der Waals surface area contributed by atoms with E-state index in [9.17, 15) is 0 Å². The zero-order chi connectivity index (χ0) is 17.6. The van der Waals surface area contributed by atoms with Crippen LogP contribution in [-0.2, 0) is 17.9 Å². The van der Waals surface area contributed by atoms with Crippen LogP contribution in [0, 0.1) is 13.8 Å². The number of aryl methyl sites for hydroxylation is 1. The third kappa shape index (κ3) is 4.00. The van der Waals surface area contributed by atoms with E-state index in [1.54, 1.807) is 13.3 Å². The zero-order valence-corrected chi connectivity index (χ0v) is 14.8. The molecule has 3 aromatic rings. The summed E-state index contributed by atoms with van der Waals surface area (Å²) in [5.74, 6) is 1.47. The van der Waals surface area contributed by atoms with Crippen molar-refractivity contribution >= 4 is 5.82 Å². The topological polar surface area (TPSA) is 59.9 Å². The van der Waals surface area contributed by atoms with Gasteiger partial charge in [-0.3, -0.25) is 4.98 Å². The van der Waals surface area contributed by atoms with E-state index < -0.39 is 0 Å². The fourth-order valence-electron chi connectivity index (χ4n) is 2.62. The Morgan fingerprint density at radius 1 is 0.960 bits per heavy atom. The summed E-state index contributed by atoms with van der Waals surface area (Å²) in [6.07, 6.45) is 1.75. The molecule has 0 aliphatic carbocycles. The molecule has 0 amide bonds. The van der Waals surface area contributed by atoms with E-state index in [4.69, 9.17) is 4.74 Å². The Hall–Kier alpha value is -2.79. The van der Waals surface area contributed by atoms with Crippen molar-refractivity contribution < 1.29 is 4.74 Å². The summed E-state index contributed by atoms with van der Waals surface area (Å²) in [5.41, 5.74) is 5.13. The molecule has 0 saturated carbocycles. The molecule has 2 heterocycles. The van der Waals surface area contributed by atoms with E-state index in [0.717, 1.165) is 22.8 Å². The number of hydrogen-bond donors (Lipinski definition) is 1. The van der Waals surface area contributed by atoms with E-state index in [-0.39, 0.29) is 0 Å². The Morgan fingerprint density at radius 2 is 1.72 bits per heavy atom. The third-order valence-corrected chi connectivity index (χ3v) is 4.15. The Balaban J connectivity index is 1.87. The van der Waals surface area contributed by atoms with Crippen LogP contribution in [0.3, 0.4) is 0 Å². The van der Waals surface area contributed by atoms with Crippen LogP contribution in [0.2, 0.25) is 0 Å². The van der Waals surface area contributed by atoms with Gasteiger partial charge in [-0.25, -0.2) is 9.97 Å². The molecule has 128 valence electrons. The molecule has 0 aliphatic heterocycles. The second-order valence-electron chi connectivity index (χ2n) is 5.88. The van der Waals surface area contributed by atoms with E-state index >= 15 is 0 Å². The highest BCUT2D eigenvalue weighted by Crippen LogP contribution is 2.21. The second kappa shape index (κ2) is 7.85. The summed E-state index contributed by atoms with van der Waals surface area (Å²) in [6, 6.07) is 14.0. The van der Waals surface area contributed by atoms with Gasteiger partial charge in [-0.2, -0.15) is 0 Å². The molecule has 3 rings (SSSR count). The first-order chi connectivity index (χ1) is 12.2. The van der Waals surface area contributed by atoms with Gasteiger partial charge in [0.25, 0.3) is 0 Å². The molecule has 0 spiro atoms. The Labute approximate surface area is 148 Å². The minimum absolute atomic E-state index is 0.596. The molecule has 5 nitrogen and oxygen atoms in total. The van der Waals surface area contributed by atoms with Crippen LogP contribution in [0.25, 0.3) is 11.5 Å². The first-order valence-electron chi connectivity index (χ1n) is 8.25. The maximum Gasteiger partial charge on any atom is 0.180 e. The lowest BCUT2D eigenvalue weighted by Gasteiger charge is -2.14. The fraction of sp³-hybridized carbons (Fsp3) is 0.250. The van der Waals surface area contributed by atoms with Crippen LogP contribution in [0.4, 0.5) is 5.82 Å². The van der Waals surface area contributed by atoms with Crippen LogP contribution in [0.1, 0.15) is 22.4 Å². The number of nitrogens with one attached hydrogen (secondary N) is 1. The number of rotatable bonds is 6. The molecule has 5 heteroatoms. The van der Waals surface area contributed by atoms with Gasteiger partial charge in [-0.05, 0) is 37.1 Å². The molecule has 0 aliphatic rings. The number of aromatic nitrogens is 3. The highest BCUT2D eigenvalue weighted by Gasteiger charge is 2.11. The Bertz CT molecular complexity index is 850. The van der Waals surface area contributed by atoms with Crippen LogP contribution >= 0.6 is 0 Å². The van der Waals surface area contributed by atoms with E-state index in [1.807, 2.05) is 44.2 Å². The van der Waals surface area contributed by atoms with Gasteiger partial charge in [-0.1, -0.05) is 30.3 Å². The number of methoxy groups -OCH3 is 1. The first-order valence-corrected chi connectivity index (χ1v) is 8.25. The monoisotopic (exact) mass is 334 g/mol. The van der Waals surface area contributed by atoms with Crippen molar-refractivity contribution in [2.24, 2.45) is 0 Å². The van der Waals surface area contributed by atoms with Gasteiger partial charge in [0.1, 0.15) is 11.5 Å². The number of anilines is 1. The molecule has 25 heavy (non-hydrogen) atoms. The lowest BCUT2D eigenvalue weighted by atomic mass is 10.1. The molecule has 0 unspecified atom stereocenters. The van der Waals surface area contributed by atoms with Crippen LogP contribution in [-0.4, -0.2) is 22.1 Å². The quantitative estimate of drug-likeness (QED) is 0.740. The second-order valence-corrected chi connectivity index (χ2v) is 5.88. The number of hydrogen-bond acceptors (Lipinski definition) is 5. The zero-order valence-electron chi connectivity index (χ0n) is 14.8. The maximum atomic E-state index is 5.28. The molecule has 1 N–H and O–H groups in total. The van der Waals surface area contributed by atoms with Crippen molar-refractivity contribution in [1.29, 1.82) is 0 Å². The number of ether oxygens (including phenoxy) is 1. The molecule has 2 aromatic heterocycles. The molecular weight excluding hydrogens is 312 g/mol. The molecule has 0 radical (unpaired) electrons. The maximum absolute atomic E-state index is 5.28. The Morgan fingerprint density at radius 3 is 2.44 bits per heavy atom. The summed E-state index contributed by atoms with van der Waals surface area (Å²) in [7, 11) is 1.71. The Kier molecular flexibility index (Phi) is 5.36. The first kappa shape index (κ1) is 17.0.